The van der Waals surface area contributed by atoms with Gasteiger partial charge in [0.2, 0.25) is 5.91 Å². The molecular weight excluding hydrogens is 257 g/mol. The van der Waals surface area contributed by atoms with Gasteiger partial charge in [0.05, 0.1) is 12.2 Å². The number of benzene rings is 1. The van der Waals surface area contributed by atoms with Crippen molar-refractivity contribution in [3.63, 3.8) is 0 Å². The monoisotopic (exact) mass is 273 g/mol. The largest absolute Gasteiger partial charge is 0.325 e. The number of nitrogens with zero attached hydrogens (tertiary/aromatic N) is 1. The van der Waals surface area contributed by atoms with Crippen molar-refractivity contribution in [2.75, 3.05) is 11.9 Å². The molecule has 0 bridgehead atoms. The smallest absolute Gasteiger partial charge is 0.238 e. The van der Waals surface area contributed by atoms with Gasteiger partial charge >= 0.3 is 0 Å². The van der Waals surface area contributed by atoms with Gasteiger partial charge in [-0.2, -0.15) is 0 Å². The van der Waals surface area contributed by atoms with Gasteiger partial charge in [0.25, 0.3) is 0 Å². The second-order valence-corrected chi connectivity index (χ2v) is 4.42. The molecule has 2 rings (SSSR count). The minimum atomic E-state index is -0.377. The third-order valence-corrected chi connectivity index (χ3v) is 2.81. The Labute approximate surface area is 117 Å². The molecule has 104 valence electrons. The number of amides is 1. The zero-order chi connectivity index (χ0) is 14.4. The number of rotatable bonds is 5. The van der Waals surface area contributed by atoms with Gasteiger partial charge in [0, 0.05) is 17.9 Å². The maximum absolute atomic E-state index is 13.0. The van der Waals surface area contributed by atoms with E-state index >= 15 is 0 Å². The highest BCUT2D eigenvalue weighted by atomic mass is 19.1. The summed E-state index contributed by atoms with van der Waals surface area (Å²) in [6, 6.07) is 11.4. The predicted octanol–water partition coefficient (Wildman–Crippen LogP) is 2.51. The maximum Gasteiger partial charge on any atom is 0.238 e. The van der Waals surface area contributed by atoms with Gasteiger partial charge in [0.15, 0.2) is 0 Å². The molecular formula is C15H16FN3O. The molecule has 0 saturated carbocycles. The second kappa shape index (κ2) is 6.77. The Morgan fingerprint density at radius 3 is 2.85 bits per heavy atom. The third kappa shape index (κ3) is 4.13. The zero-order valence-corrected chi connectivity index (χ0v) is 11.1. The van der Waals surface area contributed by atoms with E-state index in [0.29, 0.717) is 5.69 Å². The summed E-state index contributed by atoms with van der Waals surface area (Å²) in [7, 11) is 0. The van der Waals surface area contributed by atoms with Crippen LogP contribution < -0.4 is 10.6 Å². The summed E-state index contributed by atoms with van der Waals surface area (Å²) >= 11 is 0. The van der Waals surface area contributed by atoms with Gasteiger partial charge in [-0.25, -0.2) is 4.39 Å². The van der Waals surface area contributed by atoms with Gasteiger partial charge in [-0.05, 0) is 37.3 Å². The van der Waals surface area contributed by atoms with E-state index in [2.05, 4.69) is 15.6 Å². The van der Waals surface area contributed by atoms with E-state index in [9.17, 15) is 9.18 Å². The molecule has 1 aromatic heterocycles. The molecule has 0 aliphatic heterocycles. The summed E-state index contributed by atoms with van der Waals surface area (Å²) in [4.78, 5) is 16.0. The normalized spacial score (nSPS) is 11.9. The van der Waals surface area contributed by atoms with Crippen molar-refractivity contribution in [3.05, 3.63) is 60.2 Å². The minimum absolute atomic E-state index is 0.0329. The lowest BCUT2D eigenvalue weighted by Crippen LogP contribution is -2.30. The molecule has 1 amide bonds. The standard InChI is InChI=1S/C15H16FN3O/c1-11(14-7-2-3-8-17-14)18-10-15(20)19-13-6-4-5-12(16)9-13/h2-9,11,18H,10H2,1H3,(H,19,20). The van der Waals surface area contributed by atoms with Crippen LogP contribution >= 0.6 is 0 Å². The van der Waals surface area contributed by atoms with Crippen LogP contribution in [0.5, 0.6) is 0 Å². The number of hydrogen-bond acceptors (Lipinski definition) is 3. The summed E-state index contributed by atoms with van der Waals surface area (Å²) in [6.45, 7) is 2.06. The van der Waals surface area contributed by atoms with Crippen molar-refractivity contribution in [1.82, 2.24) is 10.3 Å². The van der Waals surface area contributed by atoms with Crippen LogP contribution in [0.1, 0.15) is 18.7 Å². The number of nitrogens with one attached hydrogen (secondary N) is 2. The highest BCUT2D eigenvalue weighted by Crippen LogP contribution is 2.09. The van der Waals surface area contributed by atoms with E-state index in [-0.39, 0.29) is 24.3 Å². The molecule has 0 fully saturated rings. The highest BCUT2D eigenvalue weighted by Gasteiger charge is 2.08. The molecule has 0 aliphatic carbocycles. The van der Waals surface area contributed by atoms with Crippen LogP contribution in [0.25, 0.3) is 0 Å². The van der Waals surface area contributed by atoms with E-state index in [0.717, 1.165) is 5.69 Å². The lowest BCUT2D eigenvalue weighted by atomic mass is 10.2. The van der Waals surface area contributed by atoms with Gasteiger partial charge in [-0.15, -0.1) is 0 Å². The number of hydrogen-bond donors (Lipinski definition) is 2. The number of carbonyl (C=O) groups is 1. The Bertz CT molecular complexity index is 574. The molecule has 0 spiro atoms. The van der Waals surface area contributed by atoms with Crippen molar-refractivity contribution in [2.24, 2.45) is 0 Å². The number of anilines is 1. The SMILES string of the molecule is CC(NCC(=O)Nc1cccc(F)c1)c1ccccn1. The van der Waals surface area contributed by atoms with Crippen LogP contribution in [0, 0.1) is 5.82 Å². The number of aromatic nitrogens is 1. The molecule has 4 nitrogen and oxygen atoms in total. The maximum atomic E-state index is 13.0. The van der Waals surface area contributed by atoms with Crippen LogP contribution in [-0.2, 0) is 4.79 Å². The third-order valence-electron chi connectivity index (χ3n) is 2.81. The molecule has 0 aliphatic rings. The van der Waals surface area contributed by atoms with E-state index in [4.69, 9.17) is 0 Å². The first kappa shape index (κ1) is 14.1. The predicted molar refractivity (Wildman–Crippen MR) is 75.7 cm³/mol. The van der Waals surface area contributed by atoms with Crippen molar-refractivity contribution >= 4 is 11.6 Å². The van der Waals surface area contributed by atoms with Crippen molar-refractivity contribution < 1.29 is 9.18 Å². The molecule has 0 radical (unpaired) electrons. The fourth-order valence-electron chi connectivity index (χ4n) is 1.75. The lowest BCUT2D eigenvalue weighted by Gasteiger charge is -2.13. The Balaban J connectivity index is 1.83. The minimum Gasteiger partial charge on any atom is -0.325 e. The van der Waals surface area contributed by atoms with Crippen molar-refractivity contribution in [2.45, 2.75) is 13.0 Å². The molecule has 20 heavy (non-hydrogen) atoms. The molecule has 2 N–H and O–H groups in total. The Hall–Kier alpha value is -2.27. The van der Waals surface area contributed by atoms with Crippen LogP contribution in [0.2, 0.25) is 0 Å². The molecule has 1 atom stereocenters. The summed E-state index contributed by atoms with van der Waals surface area (Å²) in [6.07, 6.45) is 1.71. The van der Waals surface area contributed by atoms with E-state index in [1.165, 1.54) is 12.1 Å². The Morgan fingerprint density at radius 1 is 1.30 bits per heavy atom. The van der Waals surface area contributed by atoms with Gasteiger partial charge in [-0.3, -0.25) is 9.78 Å². The highest BCUT2D eigenvalue weighted by molar-refractivity contribution is 5.92. The van der Waals surface area contributed by atoms with Crippen LogP contribution in [0.3, 0.4) is 0 Å². The Morgan fingerprint density at radius 2 is 2.15 bits per heavy atom. The first-order chi connectivity index (χ1) is 9.65. The Kier molecular flexibility index (Phi) is 4.79. The number of pyridine rings is 1. The first-order valence-electron chi connectivity index (χ1n) is 6.35. The first-order valence-corrected chi connectivity index (χ1v) is 6.35. The van der Waals surface area contributed by atoms with Gasteiger partial charge in [-0.1, -0.05) is 12.1 Å². The van der Waals surface area contributed by atoms with Crippen molar-refractivity contribution in [1.29, 1.82) is 0 Å². The van der Waals surface area contributed by atoms with Crippen molar-refractivity contribution in [3.8, 4) is 0 Å². The average molecular weight is 273 g/mol. The van der Waals surface area contributed by atoms with Gasteiger partial charge in [0.1, 0.15) is 5.82 Å². The molecule has 1 heterocycles. The molecule has 2 aromatic rings. The van der Waals surface area contributed by atoms with Crippen LogP contribution in [0.4, 0.5) is 10.1 Å². The molecule has 1 unspecified atom stereocenters. The fourth-order valence-corrected chi connectivity index (χ4v) is 1.75. The number of halogens is 1. The quantitative estimate of drug-likeness (QED) is 0.880. The fraction of sp³-hybridized carbons (Fsp3) is 0.200. The van der Waals surface area contributed by atoms with E-state index in [1.807, 2.05) is 25.1 Å². The summed E-state index contributed by atoms with van der Waals surface area (Å²) < 4.78 is 13.0. The summed E-state index contributed by atoms with van der Waals surface area (Å²) in [5.74, 6) is -0.601. The second-order valence-electron chi connectivity index (χ2n) is 4.42. The summed E-state index contributed by atoms with van der Waals surface area (Å²) in [5, 5.41) is 5.69. The van der Waals surface area contributed by atoms with Crippen LogP contribution in [0.15, 0.2) is 48.7 Å². The molecule has 1 aromatic carbocycles. The van der Waals surface area contributed by atoms with E-state index < -0.39 is 0 Å². The number of carbonyl (C=O) groups excluding carboxylic acids is 1. The van der Waals surface area contributed by atoms with Gasteiger partial charge < -0.3 is 10.6 Å². The average Bonchev–Trinajstić information content (AvgIpc) is 2.46. The topological polar surface area (TPSA) is 54.0 Å². The summed E-state index contributed by atoms with van der Waals surface area (Å²) in [5.41, 5.74) is 1.31. The molecule has 5 heteroatoms. The molecule has 0 saturated heterocycles. The van der Waals surface area contributed by atoms with Crippen LogP contribution in [-0.4, -0.2) is 17.4 Å². The van der Waals surface area contributed by atoms with E-state index in [1.54, 1.807) is 18.3 Å². The zero-order valence-electron chi connectivity index (χ0n) is 11.1. The lowest BCUT2D eigenvalue weighted by molar-refractivity contribution is -0.115.